The minimum Gasteiger partial charge on any atom is -0.339 e. The number of nitrogens with one attached hydrogen (secondary N) is 2. The number of carbonyl (C=O) groups excluding carboxylic acids is 3. The Balaban J connectivity index is 1.35. The largest absolute Gasteiger partial charge is 0.339 e. The molecule has 0 radical (unpaired) electrons. The SMILES string of the molecule is O=C1NC(=O)C(CC(=O)N2CCN(c3nccc(-c4cccs4)n3)CC2)N1. The van der Waals surface area contributed by atoms with Gasteiger partial charge in [0.15, 0.2) is 0 Å². The summed E-state index contributed by atoms with van der Waals surface area (Å²) < 4.78 is 0. The minimum atomic E-state index is -0.783. The molecule has 9 nitrogen and oxygen atoms in total. The highest BCUT2D eigenvalue weighted by Gasteiger charge is 2.33. The summed E-state index contributed by atoms with van der Waals surface area (Å²) in [7, 11) is 0. The number of anilines is 1. The second-order valence-corrected chi connectivity index (χ2v) is 7.25. The molecule has 10 heteroatoms. The highest BCUT2D eigenvalue weighted by molar-refractivity contribution is 7.13. The minimum absolute atomic E-state index is 0.0259. The highest BCUT2D eigenvalue weighted by atomic mass is 32.1. The van der Waals surface area contributed by atoms with Gasteiger partial charge in [0.25, 0.3) is 5.91 Å². The van der Waals surface area contributed by atoms with Gasteiger partial charge in [0.1, 0.15) is 6.04 Å². The third-order valence-electron chi connectivity index (χ3n) is 4.57. The number of carbonyl (C=O) groups is 3. The Labute approximate surface area is 159 Å². The average Bonchev–Trinajstić information content (AvgIpc) is 3.32. The molecule has 4 amide bonds. The fraction of sp³-hybridized carbons (Fsp3) is 0.353. The molecule has 140 valence electrons. The summed E-state index contributed by atoms with van der Waals surface area (Å²) in [5.41, 5.74) is 0.886. The number of hydrogen-bond acceptors (Lipinski definition) is 7. The van der Waals surface area contributed by atoms with Crippen LogP contribution in [0.15, 0.2) is 29.8 Å². The fourth-order valence-corrected chi connectivity index (χ4v) is 3.82. The van der Waals surface area contributed by atoms with Gasteiger partial charge >= 0.3 is 6.03 Å². The quantitative estimate of drug-likeness (QED) is 0.739. The van der Waals surface area contributed by atoms with E-state index in [4.69, 9.17) is 0 Å². The first-order valence-corrected chi connectivity index (χ1v) is 9.49. The van der Waals surface area contributed by atoms with Crippen molar-refractivity contribution in [3.8, 4) is 10.6 Å². The summed E-state index contributed by atoms with van der Waals surface area (Å²) in [6.45, 7) is 2.27. The van der Waals surface area contributed by atoms with Crippen LogP contribution in [0.1, 0.15) is 6.42 Å². The molecule has 1 atom stereocenters. The van der Waals surface area contributed by atoms with E-state index in [2.05, 4.69) is 20.6 Å². The van der Waals surface area contributed by atoms with Gasteiger partial charge in [0.2, 0.25) is 11.9 Å². The Morgan fingerprint density at radius 1 is 1.22 bits per heavy atom. The lowest BCUT2D eigenvalue weighted by Crippen LogP contribution is -2.50. The van der Waals surface area contributed by atoms with Crippen molar-refractivity contribution in [3.05, 3.63) is 29.8 Å². The van der Waals surface area contributed by atoms with Crippen molar-refractivity contribution < 1.29 is 14.4 Å². The summed E-state index contributed by atoms with van der Waals surface area (Å²) in [5.74, 6) is 0.0477. The second-order valence-electron chi connectivity index (χ2n) is 6.31. The molecule has 2 fully saturated rings. The Morgan fingerprint density at radius 3 is 2.70 bits per heavy atom. The van der Waals surface area contributed by atoms with Gasteiger partial charge in [0.05, 0.1) is 17.0 Å². The number of amides is 4. The van der Waals surface area contributed by atoms with Crippen LogP contribution in [0.2, 0.25) is 0 Å². The Morgan fingerprint density at radius 2 is 2.04 bits per heavy atom. The lowest BCUT2D eigenvalue weighted by Gasteiger charge is -2.35. The first-order valence-electron chi connectivity index (χ1n) is 8.61. The number of thiophene rings is 1. The maximum absolute atomic E-state index is 12.4. The molecule has 0 saturated carbocycles. The number of nitrogens with zero attached hydrogens (tertiary/aromatic N) is 4. The van der Waals surface area contributed by atoms with E-state index in [9.17, 15) is 14.4 Å². The smallest absolute Gasteiger partial charge is 0.322 e. The van der Waals surface area contributed by atoms with Gasteiger partial charge in [-0.05, 0) is 17.5 Å². The molecule has 27 heavy (non-hydrogen) atoms. The molecule has 0 aliphatic carbocycles. The van der Waals surface area contributed by atoms with Crippen molar-refractivity contribution in [2.24, 2.45) is 0 Å². The van der Waals surface area contributed by atoms with Crippen molar-refractivity contribution in [1.82, 2.24) is 25.5 Å². The van der Waals surface area contributed by atoms with E-state index in [1.54, 1.807) is 22.4 Å². The van der Waals surface area contributed by atoms with Gasteiger partial charge in [0, 0.05) is 32.4 Å². The van der Waals surface area contributed by atoms with Gasteiger partial charge in [-0.25, -0.2) is 14.8 Å². The van der Waals surface area contributed by atoms with Crippen LogP contribution >= 0.6 is 11.3 Å². The predicted molar refractivity (Wildman–Crippen MR) is 99.2 cm³/mol. The molecule has 2 saturated heterocycles. The van der Waals surface area contributed by atoms with Gasteiger partial charge in [-0.2, -0.15) is 0 Å². The molecular weight excluding hydrogens is 368 g/mol. The van der Waals surface area contributed by atoms with E-state index >= 15 is 0 Å². The third-order valence-corrected chi connectivity index (χ3v) is 5.46. The van der Waals surface area contributed by atoms with Crippen LogP contribution in [-0.4, -0.2) is 64.9 Å². The molecule has 4 rings (SSSR count). The topological polar surface area (TPSA) is 108 Å². The zero-order valence-corrected chi connectivity index (χ0v) is 15.2. The zero-order chi connectivity index (χ0) is 18.8. The van der Waals surface area contributed by atoms with E-state index in [0.29, 0.717) is 32.1 Å². The van der Waals surface area contributed by atoms with E-state index in [-0.39, 0.29) is 12.3 Å². The molecule has 0 bridgehead atoms. The average molecular weight is 386 g/mol. The van der Waals surface area contributed by atoms with Gasteiger partial charge in [-0.3, -0.25) is 14.9 Å². The molecule has 2 aliphatic rings. The predicted octanol–water partition coefficient (Wildman–Crippen LogP) is 0.452. The lowest BCUT2D eigenvalue weighted by molar-refractivity contribution is -0.134. The fourth-order valence-electron chi connectivity index (χ4n) is 3.12. The maximum atomic E-state index is 12.4. The summed E-state index contributed by atoms with van der Waals surface area (Å²) in [5, 5.41) is 6.60. The highest BCUT2D eigenvalue weighted by Crippen LogP contribution is 2.24. The van der Waals surface area contributed by atoms with Crippen LogP contribution in [0.25, 0.3) is 10.6 Å². The summed E-state index contributed by atoms with van der Waals surface area (Å²) >= 11 is 1.63. The first-order chi connectivity index (χ1) is 13.1. The Kier molecular flexibility index (Phi) is 4.71. The van der Waals surface area contributed by atoms with Crippen molar-refractivity contribution in [2.75, 3.05) is 31.1 Å². The van der Waals surface area contributed by atoms with E-state index < -0.39 is 18.0 Å². The summed E-state index contributed by atoms with van der Waals surface area (Å²) in [6.07, 6.45) is 1.72. The van der Waals surface area contributed by atoms with Gasteiger partial charge in [-0.1, -0.05) is 6.07 Å². The van der Waals surface area contributed by atoms with Crippen LogP contribution in [0, 0.1) is 0 Å². The van der Waals surface area contributed by atoms with E-state index in [1.807, 2.05) is 28.5 Å². The summed E-state index contributed by atoms with van der Waals surface area (Å²) in [4.78, 5) is 49.0. The number of piperazine rings is 1. The van der Waals surface area contributed by atoms with Gasteiger partial charge < -0.3 is 15.1 Å². The number of imide groups is 1. The molecule has 2 aromatic heterocycles. The van der Waals surface area contributed by atoms with Crippen LogP contribution in [0.3, 0.4) is 0 Å². The van der Waals surface area contributed by atoms with Crippen LogP contribution in [-0.2, 0) is 9.59 Å². The van der Waals surface area contributed by atoms with Crippen LogP contribution < -0.4 is 15.5 Å². The molecule has 2 aliphatic heterocycles. The van der Waals surface area contributed by atoms with Gasteiger partial charge in [-0.15, -0.1) is 11.3 Å². The monoisotopic (exact) mass is 386 g/mol. The zero-order valence-electron chi connectivity index (χ0n) is 14.4. The maximum Gasteiger partial charge on any atom is 0.322 e. The van der Waals surface area contributed by atoms with Crippen molar-refractivity contribution in [3.63, 3.8) is 0 Å². The number of rotatable bonds is 4. The number of aromatic nitrogens is 2. The molecule has 0 spiro atoms. The van der Waals surface area contributed by atoms with Crippen molar-refractivity contribution in [2.45, 2.75) is 12.5 Å². The Hall–Kier alpha value is -3.01. The standard InChI is InChI=1S/C17H18N6O3S/c24-14(10-12-15(25)21-17(26)20-12)22-5-7-23(8-6-22)16-18-4-3-11(19-16)13-2-1-9-27-13/h1-4,9,12H,5-8,10H2,(H2,20,21,25,26). The third kappa shape index (κ3) is 3.75. The van der Waals surface area contributed by atoms with Crippen molar-refractivity contribution in [1.29, 1.82) is 0 Å². The van der Waals surface area contributed by atoms with Crippen molar-refractivity contribution >= 4 is 35.1 Å². The molecule has 2 N–H and O–H groups in total. The lowest BCUT2D eigenvalue weighted by atomic mass is 10.2. The van der Waals surface area contributed by atoms with Crippen LogP contribution in [0.5, 0.6) is 0 Å². The van der Waals surface area contributed by atoms with E-state index in [0.717, 1.165) is 10.6 Å². The molecule has 0 aromatic carbocycles. The molecule has 4 heterocycles. The van der Waals surface area contributed by atoms with E-state index in [1.165, 1.54) is 0 Å². The normalized spacial score (nSPS) is 19.8. The molecular formula is C17H18N6O3S. The molecule has 2 aromatic rings. The molecule has 1 unspecified atom stereocenters. The summed E-state index contributed by atoms with van der Waals surface area (Å²) in [6, 6.07) is 4.56. The Bertz CT molecular complexity index is 863. The number of urea groups is 1. The second kappa shape index (κ2) is 7.31. The first kappa shape index (κ1) is 17.4. The number of hydrogen-bond donors (Lipinski definition) is 2. The van der Waals surface area contributed by atoms with Crippen LogP contribution in [0.4, 0.5) is 10.7 Å².